The number of nitrogens with one attached hydrogen (secondary N) is 1. The minimum absolute atomic E-state index is 0.0432. The Labute approximate surface area is 148 Å². The molecule has 0 unspecified atom stereocenters. The lowest BCUT2D eigenvalue weighted by Gasteiger charge is -2.21. The molecular weight excluding hydrogens is 316 g/mol. The highest BCUT2D eigenvalue weighted by Crippen LogP contribution is 2.31. The van der Waals surface area contributed by atoms with Gasteiger partial charge >= 0.3 is 0 Å². The van der Waals surface area contributed by atoms with Crippen molar-refractivity contribution in [3.05, 3.63) is 54.1 Å². The fourth-order valence-electron chi connectivity index (χ4n) is 3.19. The summed E-state index contributed by atoms with van der Waals surface area (Å²) in [6, 6.07) is 15.2. The molecule has 1 N–H and O–H groups in total. The van der Waals surface area contributed by atoms with Gasteiger partial charge in [-0.3, -0.25) is 4.79 Å². The molecule has 0 aromatic heterocycles. The molecule has 132 valence electrons. The first kappa shape index (κ1) is 17.1. The van der Waals surface area contributed by atoms with Gasteiger partial charge in [0.1, 0.15) is 11.5 Å². The predicted octanol–water partition coefficient (Wildman–Crippen LogP) is 2.96. The molecule has 2 aromatic rings. The smallest absolute Gasteiger partial charge is 0.251 e. The van der Waals surface area contributed by atoms with Crippen LogP contribution >= 0.6 is 0 Å². The fraction of sp³-hybridized carbons (Fsp3) is 0.350. The van der Waals surface area contributed by atoms with Crippen LogP contribution in [0.25, 0.3) is 0 Å². The maximum Gasteiger partial charge on any atom is 0.251 e. The van der Waals surface area contributed by atoms with Crippen molar-refractivity contribution in [2.45, 2.75) is 6.42 Å². The van der Waals surface area contributed by atoms with E-state index in [-0.39, 0.29) is 5.91 Å². The Morgan fingerprint density at radius 3 is 2.60 bits per heavy atom. The zero-order chi connectivity index (χ0) is 17.6. The van der Waals surface area contributed by atoms with Crippen molar-refractivity contribution in [2.75, 3.05) is 38.8 Å². The monoisotopic (exact) mass is 340 g/mol. The van der Waals surface area contributed by atoms with Crippen LogP contribution in [0, 0.1) is 5.92 Å². The Hall–Kier alpha value is -2.69. The van der Waals surface area contributed by atoms with Gasteiger partial charge < -0.3 is 19.7 Å². The van der Waals surface area contributed by atoms with Crippen molar-refractivity contribution in [1.82, 2.24) is 5.32 Å². The molecule has 1 amide bonds. The molecule has 0 aliphatic carbocycles. The summed E-state index contributed by atoms with van der Waals surface area (Å²) in [5.41, 5.74) is 1.77. The molecule has 0 saturated carbocycles. The average molecular weight is 340 g/mol. The molecule has 1 atom stereocenters. The number of ether oxygens (including phenoxy) is 2. The predicted molar refractivity (Wildman–Crippen MR) is 98.6 cm³/mol. The molecule has 0 spiro atoms. The van der Waals surface area contributed by atoms with Crippen LogP contribution in [-0.4, -0.2) is 39.8 Å². The summed E-state index contributed by atoms with van der Waals surface area (Å²) in [6.07, 6.45) is 1.06. The number of rotatable bonds is 6. The number of carbonyl (C=O) groups excluding carboxylic acids is 1. The standard InChI is InChI=1S/C20H24N2O3/c1-24-17-9-7-16(8-10-17)20(23)21-13-15-11-12-22(14-15)18-5-3-4-6-19(18)25-2/h3-10,15H,11-14H2,1-2H3,(H,21,23)/t15-/m1/s1. The van der Waals surface area contributed by atoms with E-state index in [0.717, 1.165) is 36.7 Å². The Bertz CT molecular complexity index is 715. The second-order valence-electron chi connectivity index (χ2n) is 6.21. The molecule has 1 aliphatic rings. The SMILES string of the molecule is COc1ccc(C(=O)NC[C@H]2CCN(c3ccccc3OC)C2)cc1. The van der Waals surface area contributed by atoms with Gasteiger partial charge in [0.2, 0.25) is 0 Å². The number of anilines is 1. The van der Waals surface area contributed by atoms with Crippen molar-refractivity contribution < 1.29 is 14.3 Å². The largest absolute Gasteiger partial charge is 0.497 e. The lowest BCUT2D eigenvalue weighted by atomic mass is 10.1. The summed E-state index contributed by atoms with van der Waals surface area (Å²) in [4.78, 5) is 14.6. The van der Waals surface area contributed by atoms with Crippen LogP contribution in [0.15, 0.2) is 48.5 Å². The molecule has 1 aliphatic heterocycles. The summed E-state index contributed by atoms with van der Waals surface area (Å²) in [5, 5.41) is 3.04. The second-order valence-corrected chi connectivity index (χ2v) is 6.21. The first-order valence-electron chi connectivity index (χ1n) is 8.51. The Kier molecular flexibility index (Phi) is 5.43. The lowest BCUT2D eigenvalue weighted by Crippen LogP contribution is -2.31. The van der Waals surface area contributed by atoms with Gasteiger partial charge in [-0.05, 0) is 48.7 Å². The Morgan fingerprint density at radius 1 is 1.12 bits per heavy atom. The van der Waals surface area contributed by atoms with Gasteiger partial charge in [0, 0.05) is 25.2 Å². The zero-order valence-electron chi connectivity index (χ0n) is 14.7. The topological polar surface area (TPSA) is 50.8 Å². The fourth-order valence-corrected chi connectivity index (χ4v) is 3.19. The first-order valence-corrected chi connectivity index (χ1v) is 8.51. The van der Waals surface area contributed by atoms with Gasteiger partial charge in [-0.25, -0.2) is 0 Å². The van der Waals surface area contributed by atoms with Crippen LogP contribution in [-0.2, 0) is 0 Å². The highest BCUT2D eigenvalue weighted by atomic mass is 16.5. The molecule has 2 aromatic carbocycles. The molecular formula is C20H24N2O3. The minimum Gasteiger partial charge on any atom is -0.497 e. The van der Waals surface area contributed by atoms with Crippen LogP contribution in [0.4, 0.5) is 5.69 Å². The average Bonchev–Trinajstić information content (AvgIpc) is 3.15. The van der Waals surface area contributed by atoms with Crippen molar-refractivity contribution in [3.8, 4) is 11.5 Å². The molecule has 0 radical (unpaired) electrons. The molecule has 1 heterocycles. The van der Waals surface area contributed by atoms with Crippen LogP contribution in [0.1, 0.15) is 16.8 Å². The van der Waals surface area contributed by atoms with Crippen LogP contribution in [0.2, 0.25) is 0 Å². The summed E-state index contributed by atoms with van der Waals surface area (Å²) in [7, 11) is 3.31. The normalized spacial score (nSPS) is 16.6. The third-order valence-corrected chi connectivity index (χ3v) is 4.62. The van der Waals surface area contributed by atoms with Crippen molar-refractivity contribution in [1.29, 1.82) is 0 Å². The van der Waals surface area contributed by atoms with E-state index in [1.807, 2.05) is 18.2 Å². The molecule has 25 heavy (non-hydrogen) atoms. The molecule has 1 saturated heterocycles. The van der Waals surface area contributed by atoms with Gasteiger partial charge in [0.05, 0.1) is 19.9 Å². The number of hydrogen-bond acceptors (Lipinski definition) is 4. The number of para-hydroxylation sites is 2. The molecule has 5 heteroatoms. The van der Waals surface area contributed by atoms with Gasteiger partial charge in [-0.2, -0.15) is 0 Å². The zero-order valence-corrected chi connectivity index (χ0v) is 14.7. The maximum atomic E-state index is 12.3. The van der Waals surface area contributed by atoms with Gasteiger partial charge in [-0.1, -0.05) is 12.1 Å². The Morgan fingerprint density at radius 2 is 1.88 bits per heavy atom. The van der Waals surface area contributed by atoms with Crippen LogP contribution in [0.5, 0.6) is 11.5 Å². The number of benzene rings is 2. The van der Waals surface area contributed by atoms with Crippen LogP contribution in [0.3, 0.4) is 0 Å². The second kappa shape index (κ2) is 7.92. The Balaban J connectivity index is 1.53. The molecule has 1 fully saturated rings. The van der Waals surface area contributed by atoms with E-state index in [9.17, 15) is 4.79 Å². The number of carbonyl (C=O) groups is 1. The van der Waals surface area contributed by atoms with E-state index in [1.54, 1.807) is 38.5 Å². The third kappa shape index (κ3) is 4.05. The number of nitrogens with zero attached hydrogens (tertiary/aromatic N) is 1. The lowest BCUT2D eigenvalue weighted by molar-refractivity contribution is 0.0948. The third-order valence-electron chi connectivity index (χ3n) is 4.62. The van der Waals surface area contributed by atoms with Crippen LogP contribution < -0.4 is 19.7 Å². The number of hydrogen-bond donors (Lipinski definition) is 1. The van der Waals surface area contributed by atoms with E-state index in [1.165, 1.54) is 0 Å². The van der Waals surface area contributed by atoms with Crippen molar-refractivity contribution in [2.24, 2.45) is 5.92 Å². The quantitative estimate of drug-likeness (QED) is 0.878. The summed E-state index contributed by atoms with van der Waals surface area (Å²) < 4.78 is 10.6. The summed E-state index contributed by atoms with van der Waals surface area (Å²) in [5.74, 6) is 2.04. The molecule has 3 rings (SSSR count). The van der Waals surface area contributed by atoms with Gasteiger partial charge in [0.15, 0.2) is 0 Å². The summed E-state index contributed by atoms with van der Waals surface area (Å²) >= 11 is 0. The van der Waals surface area contributed by atoms with E-state index in [4.69, 9.17) is 9.47 Å². The van der Waals surface area contributed by atoms with E-state index >= 15 is 0 Å². The highest BCUT2D eigenvalue weighted by molar-refractivity contribution is 5.94. The summed E-state index contributed by atoms with van der Waals surface area (Å²) in [6.45, 7) is 2.57. The van der Waals surface area contributed by atoms with Gasteiger partial charge in [-0.15, -0.1) is 0 Å². The molecule has 5 nitrogen and oxygen atoms in total. The van der Waals surface area contributed by atoms with Gasteiger partial charge in [0.25, 0.3) is 5.91 Å². The number of amides is 1. The molecule has 0 bridgehead atoms. The van der Waals surface area contributed by atoms with Crippen molar-refractivity contribution >= 4 is 11.6 Å². The van der Waals surface area contributed by atoms with E-state index in [2.05, 4.69) is 16.3 Å². The number of methoxy groups -OCH3 is 2. The van der Waals surface area contributed by atoms with E-state index < -0.39 is 0 Å². The van der Waals surface area contributed by atoms with E-state index in [0.29, 0.717) is 18.0 Å². The first-order chi connectivity index (χ1) is 12.2. The maximum absolute atomic E-state index is 12.3. The van der Waals surface area contributed by atoms with Crippen molar-refractivity contribution in [3.63, 3.8) is 0 Å². The minimum atomic E-state index is -0.0432. The highest BCUT2D eigenvalue weighted by Gasteiger charge is 2.24.